The maximum absolute atomic E-state index is 12.6. The zero-order chi connectivity index (χ0) is 37.5. The van der Waals surface area contributed by atoms with Gasteiger partial charge >= 0.3 is 0 Å². The predicted molar refractivity (Wildman–Crippen MR) is 216 cm³/mol. The SMILES string of the molecule is Nc1ccccc1NC(=O)CCCCCCC(=O)NCc1cccc(-c2ccc([C@@H]3O[C@H](CSc4ccccc4)C[C@H](c4ccc(CO)cc4)O3)cc2)c1. The zero-order valence-electron chi connectivity index (χ0n) is 30.5. The molecule has 0 radical (unpaired) electrons. The van der Waals surface area contributed by atoms with Gasteiger partial charge in [-0.15, -0.1) is 11.8 Å². The maximum Gasteiger partial charge on any atom is 0.224 e. The number of anilines is 2. The minimum Gasteiger partial charge on any atom is -0.397 e. The molecule has 3 atom stereocenters. The lowest BCUT2D eigenvalue weighted by molar-refractivity contribution is -0.245. The molecule has 1 aliphatic rings. The van der Waals surface area contributed by atoms with Gasteiger partial charge in [-0.2, -0.15) is 0 Å². The highest BCUT2D eigenvalue weighted by Crippen LogP contribution is 2.40. The second-order valence-corrected chi connectivity index (χ2v) is 14.7. The molecule has 1 saturated heterocycles. The molecule has 5 N–H and O–H groups in total. The smallest absolute Gasteiger partial charge is 0.224 e. The van der Waals surface area contributed by atoms with E-state index in [4.69, 9.17) is 15.2 Å². The van der Waals surface area contributed by atoms with Crippen LogP contribution in [0.3, 0.4) is 0 Å². The summed E-state index contributed by atoms with van der Waals surface area (Å²) in [4.78, 5) is 26.0. The molecule has 6 rings (SSSR count). The van der Waals surface area contributed by atoms with E-state index in [1.165, 1.54) is 4.90 Å². The van der Waals surface area contributed by atoms with Gasteiger partial charge in [0.2, 0.25) is 11.8 Å². The van der Waals surface area contributed by atoms with E-state index in [1.54, 1.807) is 23.9 Å². The summed E-state index contributed by atoms with van der Waals surface area (Å²) in [6.07, 6.45) is 4.29. The Morgan fingerprint density at radius 1 is 0.704 bits per heavy atom. The van der Waals surface area contributed by atoms with E-state index in [-0.39, 0.29) is 30.6 Å². The third-order valence-electron chi connectivity index (χ3n) is 9.52. The molecule has 8 nitrogen and oxygen atoms in total. The minimum atomic E-state index is -0.516. The molecular weight excluding hydrogens is 695 g/mol. The first-order valence-electron chi connectivity index (χ1n) is 18.7. The first kappa shape index (κ1) is 38.8. The van der Waals surface area contributed by atoms with Crippen molar-refractivity contribution in [2.45, 2.75) is 81.5 Å². The Morgan fingerprint density at radius 3 is 2.15 bits per heavy atom. The lowest BCUT2D eigenvalue weighted by atomic mass is 9.99. The Morgan fingerprint density at radius 2 is 1.41 bits per heavy atom. The monoisotopic (exact) mass is 743 g/mol. The second kappa shape index (κ2) is 19.9. The van der Waals surface area contributed by atoms with Gasteiger partial charge in [0.15, 0.2) is 6.29 Å². The number of hydrogen-bond acceptors (Lipinski definition) is 7. The number of rotatable bonds is 17. The number of ether oxygens (including phenoxy) is 2. The zero-order valence-corrected chi connectivity index (χ0v) is 31.3. The second-order valence-electron chi connectivity index (χ2n) is 13.6. The fourth-order valence-electron chi connectivity index (χ4n) is 6.46. The van der Waals surface area contributed by atoms with Gasteiger partial charge in [0, 0.05) is 42.0 Å². The number of carbonyl (C=O) groups excluding carboxylic acids is 2. The van der Waals surface area contributed by atoms with Gasteiger partial charge in [0.1, 0.15) is 0 Å². The highest BCUT2D eigenvalue weighted by atomic mass is 32.2. The summed E-state index contributed by atoms with van der Waals surface area (Å²) in [5.74, 6) is 0.787. The molecule has 1 heterocycles. The van der Waals surface area contributed by atoms with Crippen LogP contribution in [0.5, 0.6) is 0 Å². The fourth-order valence-corrected chi connectivity index (χ4v) is 7.40. The van der Waals surface area contributed by atoms with Gasteiger partial charge in [-0.25, -0.2) is 0 Å². The first-order valence-corrected chi connectivity index (χ1v) is 19.7. The summed E-state index contributed by atoms with van der Waals surface area (Å²) in [7, 11) is 0. The number of aliphatic hydroxyl groups excluding tert-OH is 1. The number of aliphatic hydroxyl groups is 1. The lowest BCUT2D eigenvalue weighted by Crippen LogP contribution is -2.31. The fraction of sp³-hybridized carbons (Fsp3) is 0.289. The Balaban J connectivity index is 0.975. The quantitative estimate of drug-likeness (QED) is 0.0425. The lowest BCUT2D eigenvalue weighted by Gasteiger charge is -2.36. The van der Waals surface area contributed by atoms with Gasteiger partial charge in [0.05, 0.1) is 30.2 Å². The summed E-state index contributed by atoms with van der Waals surface area (Å²) < 4.78 is 13.1. The predicted octanol–water partition coefficient (Wildman–Crippen LogP) is 9.36. The van der Waals surface area contributed by atoms with Crippen LogP contribution >= 0.6 is 11.8 Å². The molecular formula is C45H49N3O5S. The van der Waals surface area contributed by atoms with Crippen LogP contribution < -0.4 is 16.4 Å². The minimum absolute atomic E-state index is 0.00989. The number of benzene rings is 5. The van der Waals surface area contributed by atoms with E-state index < -0.39 is 6.29 Å². The Hall–Kier alpha value is -4.93. The molecule has 280 valence electrons. The average molecular weight is 744 g/mol. The van der Waals surface area contributed by atoms with E-state index in [0.29, 0.717) is 30.8 Å². The van der Waals surface area contributed by atoms with Gasteiger partial charge in [-0.05, 0) is 71.0 Å². The van der Waals surface area contributed by atoms with E-state index in [0.717, 1.165) is 71.2 Å². The molecule has 2 amide bonds. The van der Waals surface area contributed by atoms with Crippen LogP contribution in [-0.4, -0.2) is 28.8 Å². The Bertz CT molecular complexity index is 1940. The van der Waals surface area contributed by atoms with Gasteiger partial charge < -0.3 is 30.9 Å². The highest BCUT2D eigenvalue weighted by molar-refractivity contribution is 7.99. The van der Waals surface area contributed by atoms with Crippen LogP contribution in [0.15, 0.2) is 132 Å². The van der Waals surface area contributed by atoms with E-state index in [1.807, 2.05) is 54.6 Å². The third kappa shape index (κ3) is 11.5. The van der Waals surface area contributed by atoms with Crippen LogP contribution in [0.1, 0.15) is 79.6 Å². The standard InChI is InChI=1S/C45H49N3O5S/c46-40-15-8-9-16-41(40)48-44(51)18-7-2-1-6-17-43(50)47-29-33-11-10-12-37(27-33)34-23-25-36(26-24-34)45-52-38(31-54-39-13-4-3-5-14-39)28-42(53-45)35-21-19-32(30-49)20-22-35/h3-5,8-16,19-27,38,42,45,49H,1-2,6-7,17-18,28-31,46H2,(H,47,50)(H,48,51)/t38-,42+,45+/m0/s1. The largest absolute Gasteiger partial charge is 0.397 e. The van der Waals surface area contributed by atoms with Crippen molar-refractivity contribution in [1.82, 2.24) is 5.32 Å². The summed E-state index contributed by atoms with van der Waals surface area (Å²) >= 11 is 1.79. The number of amides is 2. The van der Waals surface area contributed by atoms with Crippen LogP contribution in [-0.2, 0) is 32.2 Å². The normalized spacial score (nSPS) is 16.8. The number of nitrogen functional groups attached to an aromatic ring is 1. The van der Waals surface area contributed by atoms with Crippen LogP contribution in [0.25, 0.3) is 11.1 Å². The van der Waals surface area contributed by atoms with Crippen molar-refractivity contribution in [3.63, 3.8) is 0 Å². The van der Waals surface area contributed by atoms with Crippen molar-refractivity contribution in [2.24, 2.45) is 0 Å². The maximum atomic E-state index is 12.6. The van der Waals surface area contributed by atoms with Crippen molar-refractivity contribution in [3.8, 4) is 11.1 Å². The Kier molecular flexibility index (Phi) is 14.3. The number of nitrogens with one attached hydrogen (secondary N) is 2. The van der Waals surface area contributed by atoms with E-state index in [9.17, 15) is 14.7 Å². The van der Waals surface area contributed by atoms with Crippen molar-refractivity contribution in [1.29, 1.82) is 0 Å². The molecule has 0 aliphatic carbocycles. The number of unbranched alkanes of at least 4 members (excludes halogenated alkanes) is 3. The molecule has 5 aromatic carbocycles. The van der Waals surface area contributed by atoms with Gasteiger partial charge in [-0.3, -0.25) is 9.59 Å². The highest BCUT2D eigenvalue weighted by Gasteiger charge is 2.32. The molecule has 1 fully saturated rings. The van der Waals surface area contributed by atoms with Gasteiger partial charge in [-0.1, -0.05) is 110 Å². The average Bonchev–Trinajstić information content (AvgIpc) is 3.22. The first-order chi connectivity index (χ1) is 26.4. The summed E-state index contributed by atoms with van der Waals surface area (Å²) in [5, 5.41) is 15.4. The number of carbonyl (C=O) groups is 2. The van der Waals surface area contributed by atoms with Crippen molar-refractivity contribution >= 4 is 35.0 Å². The van der Waals surface area contributed by atoms with Crippen molar-refractivity contribution in [2.75, 3.05) is 16.8 Å². The molecule has 0 spiro atoms. The molecule has 0 bridgehead atoms. The van der Waals surface area contributed by atoms with Crippen LogP contribution in [0.4, 0.5) is 11.4 Å². The molecule has 9 heteroatoms. The third-order valence-corrected chi connectivity index (χ3v) is 10.7. The number of para-hydroxylation sites is 2. The summed E-state index contributed by atoms with van der Waals surface area (Å²) in [6, 6.07) is 42.1. The van der Waals surface area contributed by atoms with Crippen molar-refractivity contribution < 1.29 is 24.2 Å². The summed E-state index contributed by atoms with van der Waals surface area (Å²) in [5.41, 5.74) is 13.2. The van der Waals surface area contributed by atoms with Crippen molar-refractivity contribution in [3.05, 3.63) is 150 Å². The number of hydrogen-bond donors (Lipinski definition) is 4. The Labute approximate surface area is 322 Å². The van der Waals surface area contributed by atoms with Crippen LogP contribution in [0, 0.1) is 0 Å². The van der Waals surface area contributed by atoms with E-state index >= 15 is 0 Å². The molecule has 1 aliphatic heterocycles. The topological polar surface area (TPSA) is 123 Å². The summed E-state index contributed by atoms with van der Waals surface area (Å²) in [6.45, 7) is 0.469. The molecule has 0 saturated carbocycles. The van der Waals surface area contributed by atoms with Crippen LogP contribution in [0.2, 0.25) is 0 Å². The number of nitrogens with two attached hydrogens (primary N) is 1. The van der Waals surface area contributed by atoms with E-state index in [2.05, 4.69) is 71.3 Å². The molecule has 54 heavy (non-hydrogen) atoms. The molecule has 5 aromatic rings. The van der Waals surface area contributed by atoms with Gasteiger partial charge in [0.25, 0.3) is 0 Å². The number of thioether (sulfide) groups is 1. The molecule has 0 aromatic heterocycles. The molecule has 0 unspecified atom stereocenters.